The standard InChI is InChI=1S/C21H25ClFNO2/c1-2-21(25,17-5-9-19(23)10-6-17)20(15-24-11-13-26-14-12-24)16-3-7-18(22)8-4-16/h3-10,20,25H,2,11-15H2,1H3/t20-,21+/m1/s1. The zero-order valence-electron chi connectivity index (χ0n) is 15.0. The highest BCUT2D eigenvalue weighted by atomic mass is 35.5. The van der Waals surface area contributed by atoms with Crippen molar-refractivity contribution in [3.05, 3.63) is 70.5 Å². The number of benzene rings is 2. The minimum atomic E-state index is -1.10. The summed E-state index contributed by atoms with van der Waals surface area (Å²) < 4.78 is 18.9. The summed E-state index contributed by atoms with van der Waals surface area (Å²) >= 11 is 6.06. The van der Waals surface area contributed by atoms with Gasteiger partial charge in [-0.25, -0.2) is 4.39 Å². The molecular weight excluding hydrogens is 353 g/mol. The molecule has 2 aromatic rings. The molecule has 140 valence electrons. The van der Waals surface area contributed by atoms with Crippen LogP contribution in [0.5, 0.6) is 0 Å². The van der Waals surface area contributed by atoms with Crippen molar-refractivity contribution in [1.82, 2.24) is 4.90 Å². The molecule has 5 heteroatoms. The molecule has 1 N–H and O–H groups in total. The maximum absolute atomic E-state index is 13.4. The van der Waals surface area contributed by atoms with Crippen LogP contribution in [0, 0.1) is 5.82 Å². The smallest absolute Gasteiger partial charge is 0.123 e. The van der Waals surface area contributed by atoms with Gasteiger partial charge in [-0.15, -0.1) is 0 Å². The van der Waals surface area contributed by atoms with Crippen molar-refractivity contribution in [2.24, 2.45) is 0 Å². The molecule has 0 aromatic heterocycles. The number of halogens is 2. The van der Waals surface area contributed by atoms with Crippen LogP contribution in [0.25, 0.3) is 0 Å². The summed E-state index contributed by atoms with van der Waals surface area (Å²) in [7, 11) is 0. The summed E-state index contributed by atoms with van der Waals surface area (Å²) in [4.78, 5) is 2.31. The normalized spacial score (nSPS) is 19.1. The van der Waals surface area contributed by atoms with Crippen molar-refractivity contribution in [2.45, 2.75) is 24.9 Å². The van der Waals surface area contributed by atoms with Crippen molar-refractivity contribution >= 4 is 11.6 Å². The lowest BCUT2D eigenvalue weighted by atomic mass is 9.75. The molecule has 0 bridgehead atoms. The maximum Gasteiger partial charge on any atom is 0.123 e. The van der Waals surface area contributed by atoms with Crippen molar-refractivity contribution < 1.29 is 14.2 Å². The minimum absolute atomic E-state index is 0.159. The van der Waals surface area contributed by atoms with Crippen LogP contribution in [0.3, 0.4) is 0 Å². The molecule has 3 nitrogen and oxygen atoms in total. The number of hydrogen-bond acceptors (Lipinski definition) is 3. The first kappa shape index (κ1) is 19.3. The Morgan fingerprint density at radius 3 is 2.31 bits per heavy atom. The van der Waals surface area contributed by atoms with Crippen molar-refractivity contribution in [1.29, 1.82) is 0 Å². The van der Waals surface area contributed by atoms with Crippen LogP contribution in [0.2, 0.25) is 5.02 Å². The molecule has 0 saturated carbocycles. The Morgan fingerprint density at radius 1 is 1.12 bits per heavy atom. The highest BCUT2D eigenvalue weighted by molar-refractivity contribution is 6.30. The second-order valence-electron chi connectivity index (χ2n) is 6.80. The van der Waals surface area contributed by atoms with E-state index in [1.165, 1.54) is 12.1 Å². The predicted octanol–water partition coefficient (Wildman–Crippen LogP) is 4.19. The van der Waals surface area contributed by atoms with Gasteiger partial charge in [-0.05, 0) is 41.8 Å². The molecule has 0 radical (unpaired) electrons. The third-order valence-electron chi connectivity index (χ3n) is 5.28. The maximum atomic E-state index is 13.4. The molecular formula is C21H25ClFNO2. The first-order valence-electron chi connectivity index (χ1n) is 9.07. The molecule has 26 heavy (non-hydrogen) atoms. The third kappa shape index (κ3) is 4.26. The summed E-state index contributed by atoms with van der Waals surface area (Å²) in [6.45, 7) is 5.75. The van der Waals surface area contributed by atoms with Gasteiger partial charge in [-0.1, -0.05) is 42.8 Å². The number of ether oxygens (including phenoxy) is 1. The van der Waals surface area contributed by atoms with Gasteiger partial charge in [0.15, 0.2) is 0 Å². The van der Waals surface area contributed by atoms with Gasteiger partial charge in [-0.3, -0.25) is 4.90 Å². The van der Waals surface area contributed by atoms with E-state index in [-0.39, 0.29) is 11.7 Å². The Morgan fingerprint density at radius 2 is 1.73 bits per heavy atom. The number of nitrogens with zero attached hydrogens (tertiary/aromatic N) is 1. The van der Waals surface area contributed by atoms with Crippen LogP contribution in [-0.2, 0) is 10.3 Å². The number of aliphatic hydroxyl groups is 1. The van der Waals surface area contributed by atoms with Crippen LogP contribution >= 0.6 is 11.6 Å². The Kier molecular flexibility index (Phi) is 6.30. The summed E-state index contributed by atoms with van der Waals surface area (Å²) in [6.07, 6.45) is 0.524. The molecule has 3 rings (SSSR count). The van der Waals surface area contributed by atoms with Crippen LogP contribution in [0.1, 0.15) is 30.4 Å². The van der Waals surface area contributed by atoms with Gasteiger partial charge in [0.25, 0.3) is 0 Å². The highest BCUT2D eigenvalue weighted by Gasteiger charge is 2.39. The zero-order chi connectivity index (χ0) is 18.6. The lowest BCUT2D eigenvalue weighted by molar-refractivity contribution is -0.0250. The third-order valence-corrected chi connectivity index (χ3v) is 5.53. The molecule has 0 unspecified atom stereocenters. The molecule has 0 aliphatic carbocycles. The monoisotopic (exact) mass is 377 g/mol. The minimum Gasteiger partial charge on any atom is -0.384 e. The lowest BCUT2D eigenvalue weighted by Crippen LogP contribution is -2.44. The van der Waals surface area contributed by atoms with E-state index in [1.807, 2.05) is 31.2 Å². The summed E-state index contributed by atoms with van der Waals surface area (Å²) in [5.41, 5.74) is 0.656. The molecule has 0 spiro atoms. The van der Waals surface area contributed by atoms with Gasteiger partial charge in [0.05, 0.1) is 18.8 Å². The summed E-state index contributed by atoms with van der Waals surface area (Å²) in [5.74, 6) is -0.461. The van der Waals surface area contributed by atoms with Crippen LogP contribution in [0.15, 0.2) is 48.5 Å². The van der Waals surface area contributed by atoms with Crippen molar-refractivity contribution in [3.8, 4) is 0 Å². The van der Waals surface area contributed by atoms with E-state index in [2.05, 4.69) is 4.90 Å². The van der Waals surface area contributed by atoms with Crippen LogP contribution in [0.4, 0.5) is 4.39 Å². The van der Waals surface area contributed by atoms with E-state index in [1.54, 1.807) is 12.1 Å². The van der Waals surface area contributed by atoms with E-state index in [9.17, 15) is 9.50 Å². The van der Waals surface area contributed by atoms with Gasteiger partial charge < -0.3 is 9.84 Å². The molecule has 1 heterocycles. The topological polar surface area (TPSA) is 32.7 Å². The molecule has 1 saturated heterocycles. The average Bonchev–Trinajstić information content (AvgIpc) is 2.68. The Balaban J connectivity index is 1.98. The van der Waals surface area contributed by atoms with Gasteiger partial charge >= 0.3 is 0 Å². The highest BCUT2D eigenvalue weighted by Crippen LogP contribution is 2.40. The van der Waals surface area contributed by atoms with E-state index in [4.69, 9.17) is 16.3 Å². The SMILES string of the molecule is CC[C@](O)(c1ccc(F)cc1)[C@H](CN1CCOCC1)c1ccc(Cl)cc1. The van der Waals surface area contributed by atoms with E-state index in [0.717, 1.165) is 24.2 Å². The predicted molar refractivity (Wildman–Crippen MR) is 102 cm³/mol. The van der Waals surface area contributed by atoms with E-state index in [0.29, 0.717) is 31.2 Å². The second kappa shape index (κ2) is 8.49. The fourth-order valence-corrected chi connectivity index (χ4v) is 3.79. The zero-order valence-corrected chi connectivity index (χ0v) is 15.8. The first-order valence-corrected chi connectivity index (χ1v) is 9.44. The van der Waals surface area contributed by atoms with E-state index >= 15 is 0 Å². The van der Waals surface area contributed by atoms with Gasteiger partial charge in [-0.2, -0.15) is 0 Å². The average molecular weight is 378 g/mol. The second-order valence-corrected chi connectivity index (χ2v) is 7.24. The fraction of sp³-hybridized carbons (Fsp3) is 0.429. The molecule has 2 atom stereocenters. The first-order chi connectivity index (χ1) is 12.5. The van der Waals surface area contributed by atoms with Crippen LogP contribution < -0.4 is 0 Å². The summed E-state index contributed by atoms with van der Waals surface area (Å²) in [5, 5.41) is 12.3. The number of rotatable bonds is 6. The Bertz CT molecular complexity index is 701. The Hall–Kier alpha value is -1.46. The van der Waals surface area contributed by atoms with Gasteiger partial charge in [0, 0.05) is 30.6 Å². The number of morpholine rings is 1. The van der Waals surface area contributed by atoms with Crippen molar-refractivity contribution in [3.63, 3.8) is 0 Å². The largest absolute Gasteiger partial charge is 0.384 e. The molecule has 0 amide bonds. The molecule has 1 aliphatic heterocycles. The van der Waals surface area contributed by atoms with Gasteiger partial charge in [0.2, 0.25) is 0 Å². The molecule has 1 fully saturated rings. The van der Waals surface area contributed by atoms with Gasteiger partial charge in [0.1, 0.15) is 5.82 Å². The summed E-state index contributed by atoms with van der Waals surface area (Å²) in [6, 6.07) is 13.8. The Labute approximate surface area is 159 Å². The van der Waals surface area contributed by atoms with E-state index < -0.39 is 5.60 Å². The number of hydrogen-bond donors (Lipinski definition) is 1. The molecule has 1 aliphatic rings. The van der Waals surface area contributed by atoms with Crippen molar-refractivity contribution in [2.75, 3.05) is 32.8 Å². The quantitative estimate of drug-likeness (QED) is 0.819. The lowest BCUT2D eigenvalue weighted by Gasteiger charge is -2.40. The molecule has 2 aromatic carbocycles. The van der Waals surface area contributed by atoms with Crippen LogP contribution in [-0.4, -0.2) is 42.9 Å². The fourth-order valence-electron chi connectivity index (χ4n) is 3.66.